The summed E-state index contributed by atoms with van der Waals surface area (Å²) >= 11 is 0. The second-order valence-corrected chi connectivity index (χ2v) is 14.5. The second kappa shape index (κ2) is 18.2. The summed E-state index contributed by atoms with van der Waals surface area (Å²) in [6.45, 7) is 0. The third-order valence-electron chi connectivity index (χ3n) is 8.13. The van der Waals surface area contributed by atoms with E-state index in [1.165, 1.54) is 32.4 Å². The van der Waals surface area contributed by atoms with Crippen molar-refractivity contribution in [3.05, 3.63) is 97.1 Å². The van der Waals surface area contributed by atoms with E-state index in [1.807, 2.05) is 0 Å². The Kier molecular flexibility index (Phi) is 14.1. The van der Waals surface area contributed by atoms with Gasteiger partial charge < -0.3 is 36.3 Å². The molecule has 7 N–H and O–H groups in total. The standard InChI is InChI=1S/C36H31N9O9S2.2Li/c1-53-28-14-19(8-11-26(28)42-41-25-13-10-22(37)18-24(25)38)20-9-12-27(29(15-20)54-2)43-44-34-30(55(47,48)49)16-21-17-31(56(50,51)52)35(36(46)32(21)33(34)39)45-40-23-6-4-3-5-7-23;;/h3-18,46H,37-39H2,1-2H3,(H,47,48,49)(H,50,51,52);;/q;2*+1/p-2. The molecule has 0 aliphatic rings. The molecule has 0 bridgehead atoms. The van der Waals surface area contributed by atoms with Crippen LogP contribution in [0.3, 0.4) is 0 Å². The SMILES string of the molecule is COc1cc(-c2ccc(N=Nc3c(S(=O)(=O)[O-])cc4cc(S(=O)(=O)O)c(N=Nc5ccccc5)c([O-])c4c3N)c(OC)c2)ccc1N=Nc1ccc(N)cc1N.[Li+].[Li+]. The van der Waals surface area contributed by atoms with E-state index < -0.39 is 63.6 Å². The van der Waals surface area contributed by atoms with Crippen molar-refractivity contribution in [2.45, 2.75) is 9.79 Å². The summed E-state index contributed by atoms with van der Waals surface area (Å²) < 4.78 is 82.9. The van der Waals surface area contributed by atoms with Gasteiger partial charge in [0.05, 0.1) is 41.9 Å². The summed E-state index contributed by atoms with van der Waals surface area (Å²) in [5.41, 5.74) is 19.1. The first-order valence-corrected chi connectivity index (χ1v) is 18.8. The third kappa shape index (κ3) is 9.65. The smallest absolute Gasteiger partial charge is 0.870 e. The van der Waals surface area contributed by atoms with Crippen LogP contribution in [0.4, 0.5) is 51.2 Å². The van der Waals surface area contributed by atoms with Gasteiger partial charge in [-0.1, -0.05) is 36.1 Å². The van der Waals surface area contributed by atoms with E-state index in [0.717, 1.165) is 6.07 Å². The first-order valence-electron chi connectivity index (χ1n) is 15.9. The maximum absolute atomic E-state index is 13.7. The number of ether oxygens (including phenoxy) is 2. The van der Waals surface area contributed by atoms with Gasteiger partial charge in [0.25, 0.3) is 10.1 Å². The molecule has 0 heterocycles. The Labute approximate surface area is 355 Å². The van der Waals surface area contributed by atoms with Crippen LogP contribution in [0.15, 0.2) is 138 Å². The predicted molar refractivity (Wildman–Crippen MR) is 205 cm³/mol. The van der Waals surface area contributed by atoms with Crippen molar-refractivity contribution in [3.8, 4) is 28.4 Å². The molecule has 0 amide bonds. The summed E-state index contributed by atoms with van der Waals surface area (Å²) in [6.07, 6.45) is 0. The van der Waals surface area contributed by atoms with Crippen LogP contribution in [0.5, 0.6) is 17.2 Å². The molecule has 0 atom stereocenters. The molecule has 0 saturated carbocycles. The second-order valence-electron chi connectivity index (χ2n) is 11.7. The molecule has 0 aromatic heterocycles. The fraction of sp³-hybridized carbons (Fsp3) is 0.0556. The van der Waals surface area contributed by atoms with Crippen LogP contribution in [-0.2, 0) is 20.2 Å². The predicted octanol–water partition coefficient (Wildman–Crippen LogP) is 1.75. The van der Waals surface area contributed by atoms with Crippen molar-refractivity contribution in [1.29, 1.82) is 0 Å². The molecule has 0 aliphatic heterocycles. The summed E-state index contributed by atoms with van der Waals surface area (Å²) in [4.78, 5) is -2.02. The number of benzene rings is 6. The van der Waals surface area contributed by atoms with E-state index in [4.69, 9.17) is 26.7 Å². The normalized spacial score (nSPS) is 11.9. The van der Waals surface area contributed by atoms with Crippen molar-refractivity contribution in [2.24, 2.45) is 30.7 Å². The Bertz CT molecular complexity index is 2850. The molecule has 58 heavy (non-hydrogen) atoms. The molecule has 18 nitrogen and oxygen atoms in total. The molecule has 6 rings (SSSR count). The molecule has 6 aromatic rings. The van der Waals surface area contributed by atoms with Gasteiger partial charge in [-0.25, -0.2) is 8.42 Å². The van der Waals surface area contributed by atoms with Crippen molar-refractivity contribution in [3.63, 3.8) is 0 Å². The van der Waals surface area contributed by atoms with Gasteiger partial charge in [-0.2, -0.15) is 13.5 Å². The van der Waals surface area contributed by atoms with Gasteiger partial charge in [-0.05, 0) is 83.2 Å². The van der Waals surface area contributed by atoms with Gasteiger partial charge in [0, 0.05) is 11.1 Å². The molecular formula is C36H29Li2N9O9S2. The van der Waals surface area contributed by atoms with Crippen LogP contribution < -0.4 is 69.5 Å². The fourth-order valence-corrected chi connectivity index (χ4v) is 6.75. The number of nitrogens with two attached hydrogens (primary N) is 3. The molecule has 0 fully saturated rings. The number of hydrogen-bond acceptors (Lipinski definition) is 17. The van der Waals surface area contributed by atoms with Gasteiger partial charge in [-0.3, -0.25) is 4.55 Å². The molecule has 6 aromatic carbocycles. The fourth-order valence-electron chi connectivity index (χ4n) is 5.44. The minimum atomic E-state index is -5.37. The molecule has 286 valence electrons. The maximum atomic E-state index is 13.7. The third-order valence-corrected chi connectivity index (χ3v) is 9.85. The molecule has 0 radical (unpaired) electrons. The number of nitrogen functional groups attached to an aromatic ring is 3. The molecule has 22 heteroatoms. The quantitative estimate of drug-likeness (QED) is 0.0630. The largest absolute Gasteiger partial charge is 1.00 e. The van der Waals surface area contributed by atoms with E-state index in [9.17, 15) is 31.0 Å². The van der Waals surface area contributed by atoms with Gasteiger partial charge in [-0.15, -0.1) is 25.6 Å². The Morgan fingerprint density at radius 3 is 1.67 bits per heavy atom. The van der Waals surface area contributed by atoms with Gasteiger partial charge in [0.15, 0.2) is 0 Å². The van der Waals surface area contributed by atoms with Crippen molar-refractivity contribution >= 4 is 82.2 Å². The summed E-state index contributed by atoms with van der Waals surface area (Å²) in [6, 6.07) is 24.1. The van der Waals surface area contributed by atoms with Gasteiger partial charge in [0.2, 0.25) is 0 Å². The van der Waals surface area contributed by atoms with E-state index in [0.29, 0.717) is 45.7 Å². The van der Waals surface area contributed by atoms with Crippen LogP contribution in [0.25, 0.3) is 21.9 Å². The van der Waals surface area contributed by atoms with Crippen molar-refractivity contribution in [1.82, 2.24) is 0 Å². The van der Waals surface area contributed by atoms with Crippen LogP contribution in [0, 0.1) is 0 Å². The van der Waals surface area contributed by atoms with Crippen molar-refractivity contribution < 1.29 is 78.2 Å². The summed E-state index contributed by atoms with van der Waals surface area (Å²) in [5, 5.41) is 37.0. The van der Waals surface area contributed by atoms with Gasteiger partial charge in [0.1, 0.15) is 49.3 Å². The average Bonchev–Trinajstić information content (AvgIpc) is 3.16. The number of anilines is 3. The number of fused-ring (bicyclic) bond motifs is 1. The Hall–Kier alpha value is -5.81. The zero-order valence-electron chi connectivity index (χ0n) is 31.2. The molecular weight excluding hydrogens is 780 g/mol. The van der Waals surface area contributed by atoms with E-state index in [-0.39, 0.29) is 54.8 Å². The minimum Gasteiger partial charge on any atom is -0.870 e. The monoisotopic (exact) mass is 809 g/mol. The average molecular weight is 810 g/mol. The summed E-state index contributed by atoms with van der Waals surface area (Å²) in [5.74, 6) is -0.616. The van der Waals surface area contributed by atoms with Crippen molar-refractivity contribution in [2.75, 3.05) is 31.4 Å². The van der Waals surface area contributed by atoms with E-state index in [1.54, 1.807) is 66.7 Å². The number of azo groups is 3. The van der Waals surface area contributed by atoms with Crippen LogP contribution in [0.1, 0.15) is 0 Å². The molecule has 0 spiro atoms. The van der Waals surface area contributed by atoms with E-state index >= 15 is 0 Å². The Morgan fingerprint density at radius 1 is 0.621 bits per heavy atom. The minimum absolute atomic E-state index is 0. The van der Waals surface area contributed by atoms with E-state index in [2.05, 4.69) is 30.7 Å². The molecule has 0 unspecified atom stereocenters. The van der Waals surface area contributed by atoms with Crippen LogP contribution in [0.2, 0.25) is 0 Å². The molecule has 0 aliphatic carbocycles. The van der Waals surface area contributed by atoms with Crippen LogP contribution in [-0.4, -0.2) is 40.2 Å². The molecule has 0 saturated heterocycles. The van der Waals surface area contributed by atoms with Gasteiger partial charge >= 0.3 is 37.7 Å². The number of rotatable bonds is 11. The first kappa shape index (κ1) is 44.9. The topological polar surface area (TPSA) is 305 Å². The van der Waals surface area contributed by atoms with Crippen LogP contribution >= 0.6 is 0 Å². The zero-order chi connectivity index (χ0) is 40.4. The first-order chi connectivity index (χ1) is 26.6. The number of nitrogens with zero attached hydrogens (tertiary/aromatic N) is 6. The summed E-state index contributed by atoms with van der Waals surface area (Å²) in [7, 11) is -7.68. The maximum Gasteiger partial charge on any atom is 1.00 e. The number of methoxy groups -OCH3 is 2. The Balaban J connectivity index is 0.00000372. The number of hydrogen-bond donors (Lipinski definition) is 4. The zero-order valence-corrected chi connectivity index (χ0v) is 32.8. The Morgan fingerprint density at radius 2 is 1.14 bits per heavy atom.